The van der Waals surface area contributed by atoms with Crippen LogP contribution in [0.1, 0.15) is 57.8 Å². The zero-order chi connectivity index (χ0) is 16.6. The second-order valence-electron chi connectivity index (χ2n) is 6.58. The molecule has 3 nitrogen and oxygen atoms in total. The molecule has 23 heavy (non-hydrogen) atoms. The quantitative estimate of drug-likeness (QED) is 0.696. The highest BCUT2D eigenvalue weighted by Crippen LogP contribution is 2.29. The van der Waals surface area contributed by atoms with Crippen molar-refractivity contribution in [3.05, 3.63) is 47.8 Å². The van der Waals surface area contributed by atoms with Crippen LogP contribution in [0, 0.1) is 0 Å². The number of hydrogen-bond donors (Lipinski definition) is 1. The number of benzene rings is 1. The molecule has 0 fully saturated rings. The maximum Gasteiger partial charge on any atom is 0.103 e. The van der Waals surface area contributed by atoms with Gasteiger partial charge < -0.3 is 5.11 Å². The van der Waals surface area contributed by atoms with Gasteiger partial charge in [0.2, 0.25) is 0 Å². The SMILES string of the molecule is CCC(C)c1ccc2ccc3ccc(C(C)(O)CC)nc3c2n1. The third-order valence-electron chi connectivity index (χ3n) is 4.90. The predicted octanol–water partition coefficient (Wildman–Crippen LogP) is 4.91. The highest BCUT2D eigenvalue weighted by Gasteiger charge is 2.22. The Hall–Kier alpha value is -2.00. The van der Waals surface area contributed by atoms with Gasteiger partial charge in [-0.25, -0.2) is 4.98 Å². The molecule has 2 unspecified atom stereocenters. The van der Waals surface area contributed by atoms with Gasteiger partial charge >= 0.3 is 0 Å². The second kappa shape index (κ2) is 5.89. The number of hydrogen-bond acceptors (Lipinski definition) is 3. The average molecular weight is 308 g/mol. The molecule has 3 heteroatoms. The van der Waals surface area contributed by atoms with Gasteiger partial charge in [-0.1, -0.05) is 45.0 Å². The first-order chi connectivity index (χ1) is 11.0. The van der Waals surface area contributed by atoms with E-state index >= 15 is 0 Å². The predicted molar refractivity (Wildman–Crippen MR) is 95.6 cm³/mol. The van der Waals surface area contributed by atoms with Crippen LogP contribution in [-0.4, -0.2) is 15.1 Å². The van der Waals surface area contributed by atoms with Crippen LogP contribution in [0.25, 0.3) is 21.8 Å². The van der Waals surface area contributed by atoms with Crippen molar-refractivity contribution in [3.8, 4) is 0 Å². The van der Waals surface area contributed by atoms with E-state index < -0.39 is 5.60 Å². The maximum absolute atomic E-state index is 10.5. The fourth-order valence-electron chi connectivity index (χ4n) is 2.75. The number of nitrogens with zero attached hydrogens (tertiary/aromatic N) is 2. The van der Waals surface area contributed by atoms with Crippen molar-refractivity contribution in [1.29, 1.82) is 0 Å². The summed E-state index contributed by atoms with van der Waals surface area (Å²) in [5.74, 6) is 0.427. The Morgan fingerprint density at radius 3 is 2.13 bits per heavy atom. The molecule has 1 N–H and O–H groups in total. The van der Waals surface area contributed by atoms with Crippen LogP contribution in [0.3, 0.4) is 0 Å². The minimum Gasteiger partial charge on any atom is -0.384 e. The van der Waals surface area contributed by atoms with Gasteiger partial charge in [-0.2, -0.15) is 0 Å². The molecule has 0 saturated heterocycles. The summed E-state index contributed by atoms with van der Waals surface area (Å²) in [6.07, 6.45) is 1.69. The summed E-state index contributed by atoms with van der Waals surface area (Å²) < 4.78 is 0. The van der Waals surface area contributed by atoms with E-state index in [4.69, 9.17) is 9.97 Å². The molecular formula is C20H24N2O. The molecule has 2 heterocycles. The number of rotatable bonds is 4. The van der Waals surface area contributed by atoms with Crippen molar-refractivity contribution in [2.75, 3.05) is 0 Å². The lowest BCUT2D eigenvalue weighted by molar-refractivity contribution is 0.0489. The van der Waals surface area contributed by atoms with E-state index in [1.807, 2.05) is 26.0 Å². The second-order valence-corrected chi connectivity index (χ2v) is 6.58. The first-order valence-corrected chi connectivity index (χ1v) is 8.39. The summed E-state index contributed by atoms with van der Waals surface area (Å²) in [6.45, 7) is 8.15. The standard InChI is InChI=1S/C20H24N2O/c1-5-13(3)16-11-9-14-7-8-15-10-12-17(20(4,23)6-2)22-19(15)18(14)21-16/h7-13,23H,5-6H2,1-4H3. The summed E-state index contributed by atoms with van der Waals surface area (Å²) in [5.41, 5.74) is 2.69. The van der Waals surface area contributed by atoms with Crippen molar-refractivity contribution >= 4 is 21.8 Å². The topological polar surface area (TPSA) is 46.0 Å². The molecule has 0 aliphatic rings. The molecule has 0 bridgehead atoms. The molecule has 3 rings (SSSR count). The fourth-order valence-corrected chi connectivity index (χ4v) is 2.75. The van der Waals surface area contributed by atoms with Gasteiger partial charge in [0.1, 0.15) is 5.60 Å². The van der Waals surface area contributed by atoms with Crippen molar-refractivity contribution in [2.45, 2.75) is 52.1 Å². The Labute approximate surface area is 137 Å². The third kappa shape index (κ3) is 2.81. The maximum atomic E-state index is 10.5. The van der Waals surface area contributed by atoms with Crippen molar-refractivity contribution in [3.63, 3.8) is 0 Å². The number of pyridine rings is 2. The number of aliphatic hydroxyl groups is 1. The zero-order valence-electron chi connectivity index (χ0n) is 14.3. The molecule has 2 aromatic heterocycles. The van der Waals surface area contributed by atoms with Crippen LogP contribution in [0.15, 0.2) is 36.4 Å². The molecule has 0 spiro atoms. The molecule has 0 saturated carbocycles. The molecule has 3 aromatic rings. The lowest BCUT2D eigenvalue weighted by Crippen LogP contribution is -2.21. The van der Waals surface area contributed by atoms with Crippen LogP contribution in [-0.2, 0) is 5.60 Å². The minimum absolute atomic E-state index is 0.427. The van der Waals surface area contributed by atoms with Crippen molar-refractivity contribution in [1.82, 2.24) is 9.97 Å². The normalized spacial score (nSPS) is 15.7. The van der Waals surface area contributed by atoms with Gasteiger partial charge in [0, 0.05) is 16.5 Å². The van der Waals surface area contributed by atoms with E-state index in [1.54, 1.807) is 0 Å². The van der Waals surface area contributed by atoms with E-state index in [-0.39, 0.29) is 0 Å². The Morgan fingerprint density at radius 2 is 1.52 bits per heavy atom. The summed E-state index contributed by atoms with van der Waals surface area (Å²) in [5, 5.41) is 12.7. The van der Waals surface area contributed by atoms with Gasteiger partial charge in [-0.3, -0.25) is 4.98 Å². The zero-order valence-corrected chi connectivity index (χ0v) is 14.3. The highest BCUT2D eigenvalue weighted by molar-refractivity contribution is 6.02. The molecule has 0 aliphatic carbocycles. The van der Waals surface area contributed by atoms with Crippen LogP contribution in [0.4, 0.5) is 0 Å². The monoisotopic (exact) mass is 308 g/mol. The minimum atomic E-state index is -0.912. The Balaban J connectivity index is 2.28. The van der Waals surface area contributed by atoms with Gasteiger partial charge in [0.25, 0.3) is 0 Å². The lowest BCUT2D eigenvalue weighted by Gasteiger charge is -2.21. The first kappa shape index (κ1) is 15.9. The molecule has 1 aromatic carbocycles. The fraction of sp³-hybridized carbons (Fsp3) is 0.400. The van der Waals surface area contributed by atoms with Crippen LogP contribution in [0.5, 0.6) is 0 Å². The molecular weight excluding hydrogens is 284 g/mol. The Bertz CT molecular complexity index is 855. The van der Waals surface area contributed by atoms with Crippen LogP contribution >= 0.6 is 0 Å². The van der Waals surface area contributed by atoms with E-state index in [0.29, 0.717) is 18.0 Å². The number of aromatic nitrogens is 2. The summed E-state index contributed by atoms with van der Waals surface area (Å²) in [4.78, 5) is 9.64. The van der Waals surface area contributed by atoms with Gasteiger partial charge in [0.05, 0.1) is 16.7 Å². The van der Waals surface area contributed by atoms with E-state index in [9.17, 15) is 5.11 Å². The Morgan fingerprint density at radius 1 is 0.957 bits per heavy atom. The van der Waals surface area contributed by atoms with Crippen LogP contribution in [0.2, 0.25) is 0 Å². The lowest BCUT2D eigenvalue weighted by atomic mass is 9.97. The summed E-state index contributed by atoms with van der Waals surface area (Å²) in [7, 11) is 0. The van der Waals surface area contributed by atoms with E-state index in [2.05, 4.69) is 38.1 Å². The first-order valence-electron chi connectivity index (χ1n) is 8.39. The summed E-state index contributed by atoms with van der Waals surface area (Å²) in [6, 6.07) is 12.3. The van der Waals surface area contributed by atoms with Gasteiger partial charge in [-0.15, -0.1) is 0 Å². The van der Waals surface area contributed by atoms with Crippen LogP contribution < -0.4 is 0 Å². The van der Waals surface area contributed by atoms with Gasteiger partial charge in [0.15, 0.2) is 0 Å². The number of fused-ring (bicyclic) bond motifs is 3. The average Bonchev–Trinajstić information content (AvgIpc) is 2.59. The molecule has 2 atom stereocenters. The molecule has 120 valence electrons. The summed E-state index contributed by atoms with van der Waals surface area (Å²) >= 11 is 0. The molecule has 0 radical (unpaired) electrons. The van der Waals surface area contributed by atoms with E-state index in [1.165, 1.54) is 0 Å². The van der Waals surface area contributed by atoms with Gasteiger partial charge in [-0.05, 0) is 37.8 Å². The Kier molecular flexibility index (Phi) is 4.07. The largest absolute Gasteiger partial charge is 0.384 e. The van der Waals surface area contributed by atoms with E-state index in [0.717, 1.165) is 33.9 Å². The smallest absolute Gasteiger partial charge is 0.103 e. The molecule has 0 aliphatic heterocycles. The highest BCUT2D eigenvalue weighted by atomic mass is 16.3. The molecule has 0 amide bonds. The third-order valence-corrected chi connectivity index (χ3v) is 4.90. The van der Waals surface area contributed by atoms with Crippen molar-refractivity contribution in [2.24, 2.45) is 0 Å². The van der Waals surface area contributed by atoms with Crippen molar-refractivity contribution < 1.29 is 5.11 Å².